The van der Waals surface area contributed by atoms with E-state index in [2.05, 4.69) is 5.32 Å². The van der Waals surface area contributed by atoms with Crippen molar-refractivity contribution in [3.05, 3.63) is 23.8 Å². The Bertz CT molecular complexity index is 469. The number of hydrogen-bond acceptors (Lipinski definition) is 4. The number of nitrogens with one attached hydrogen (secondary N) is 1. The Morgan fingerprint density at radius 1 is 1.45 bits per heavy atom. The quantitative estimate of drug-likeness (QED) is 0.863. The van der Waals surface area contributed by atoms with Crippen LogP contribution in [0, 0.1) is 0 Å². The van der Waals surface area contributed by atoms with Crippen LogP contribution in [0.15, 0.2) is 18.2 Å². The van der Waals surface area contributed by atoms with Crippen LogP contribution in [-0.4, -0.2) is 37.4 Å². The molecule has 1 aromatic carbocycles. The first-order valence-corrected chi connectivity index (χ1v) is 6.90. The Hall–Kier alpha value is -1.75. The Kier molecular flexibility index (Phi) is 4.84. The van der Waals surface area contributed by atoms with Crippen molar-refractivity contribution < 1.29 is 19.4 Å². The van der Waals surface area contributed by atoms with Crippen LogP contribution < -0.4 is 14.8 Å². The highest BCUT2D eigenvalue weighted by atomic mass is 16.5. The summed E-state index contributed by atoms with van der Waals surface area (Å²) >= 11 is 0. The van der Waals surface area contributed by atoms with Crippen molar-refractivity contribution >= 4 is 5.97 Å². The molecular weight excluding hydrogens is 258 g/mol. The minimum Gasteiger partial charge on any atom is -0.493 e. The monoisotopic (exact) mass is 279 g/mol. The van der Waals surface area contributed by atoms with Crippen molar-refractivity contribution in [3.63, 3.8) is 0 Å². The molecule has 0 saturated carbocycles. The number of carbonyl (C=O) groups is 1. The lowest BCUT2D eigenvalue weighted by Crippen LogP contribution is -2.37. The molecule has 1 aromatic rings. The summed E-state index contributed by atoms with van der Waals surface area (Å²) in [5.74, 6) is -0.156. The number of hydrogen-bond donors (Lipinski definition) is 2. The minimum absolute atomic E-state index is 0.105. The fourth-order valence-electron chi connectivity index (χ4n) is 2.30. The third-order valence-electron chi connectivity index (χ3n) is 3.60. The molecule has 1 saturated heterocycles. The van der Waals surface area contributed by atoms with Crippen LogP contribution in [0.4, 0.5) is 0 Å². The normalized spacial score (nSPS) is 20.2. The van der Waals surface area contributed by atoms with Crippen LogP contribution in [0.1, 0.15) is 31.2 Å². The first-order chi connectivity index (χ1) is 9.61. The van der Waals surface area contributed by atoms with E-state index < -0.39 is 11.9 Å². The zero-order chi connectivity index (χ0) is 14.5. The number of piperidine rings is 1. The largest absolute Gasteiger partial charge is 0.493 e. The second-order valence-electron chi connectivity index (χ2n) is 5.06. The van der Waals surface area contributed by atoms with Gasteiger partial charge in [0.25, 0.3) is 0 Å². The van der Waals surface area contributed by atoms with Gasteiger partial charge in [-0.15, -0.1) is 0 Å². The molecule has 1 aliphatic rings. The first-order valence-electron chi connectivity index (χ1n) is 6.90. The molecule has 0 radical (unpaired) electrons. The number of benzene rings is 1. The van der Waals surface area contributed by atoms with E-state index in [1.165, 1.54) is 0 Å². The van der Waals surface area contributed by atoms with E-state index >= 15 is 0 Å². The maximum Gasteiger partial charge on any atom is 0.310 e. The molecule has 2 rings (SSSR count). The van der Waals surface area contributed by atoms with E-state index in [-0.39, 0.29) is 6.10 Å². The van der Waals surface area contributed by atoms with Crippen LogP contribution in [0.2, 0.25) is 0 Å². The fourth-order valence-corrected chi connectivity index (χ4v) is 2.30. The van der Waals surface area contributed by atoms with Gasteiger partial charge in [0.1, 0.15) is 6.10 Å². The molecule has 0 aromatic heterocycles. The van der Waals surface area contributed by atoms with Gasteiger partial charge in [0.15, 0.2) is 11.5 Å². The third kappa shape index (κ3) is 3.42. The van der Waals surface area contributed by atoms with Crippen LogP contribution in [0.5, 0.6) is 11.5 Å². The molecule has 110 valence electrons. The second-order valence-corrected chi connectivity index (χ2v) is 5.06. The van der Waals surface area contributed by atoms with Crippen LogP contribution in [0.25, 0.3) is 0 Å². The van der Waals surface area contributed by atoms with Crippen molar-refractivity contribution in [3.8, 4) is 11.5 Å². The van der Waals surface area contributed by atoms with Gasteiger partial charge in [-0.2, -0.15) is 0 Å². The van der Waals surface area contributed by atoms with Crippen LogP contribution >= 0.6 is 0 Å². The molecule has 1 aliphatic heterocycles. The Labute approximate surface area is 118 Å². The molecule has 20 heavy (non-hydrogen) atoms. The maximum atomic E-state index is 11.1. The van der Waals surface area contributed by atoms with Crippen LogP contribution in [-0.2, 0) is 4.79 Å². The van der Waals surface area contributed by atoms with Gasteiger partial charge in [0.2, 0.25) is 0 Å². The number of ether oxygens (including phenoxy) is 2. The fraction of sp³-hybridized carbons (Fsp3) is 0.533. The second kappa shape index (κ2) is 6.61. The van der Waals surface area contributed by atoms with Gasteiger partial charge in [-0.05, 0) is 44.0 Å². The topological polar surface area (TPSA) is 67.8 Å². The molecule has 2 atom stereocenters. The van der Waals surface area contributed by atoms with Gasteiger partial charge in [-0.1, -0.05) is 6.07 Å². The van der Waals surface area contributed by atoms with Gasteiger partial charge in [-0.3, -0.25) is 4.79 Å². The van der Waals surface area contributed by atoms with E-state index in [1.54, 1.807) is 32.2 Å². The van der Waals surface area contributed by atoms with Gasteiger partial charge in [-0.25, -0.2) is 0 Å². The first kappa shape index (κ1) is 14.7. The number of carboxylic acid groups (broad SMARTS) is 1. The molecule has 0 aliphatic carbocycles. The van der Waals surface area contributed by atoms with E-state index in [1.807, 2.05) is 0 Å². The van der Waals surface area contributed by atoms with E-state index in [0.717, 1.165) is 31.5 Å². The average Bonchev–Trinajstić information content (AvgIpc) is 2.47. The van der Waals surface area contributed by atoms with Gasteiger partial charge in [0.05, 0.1) is 13.0 Å². The molecule has 0 spiro atoms. The molecule has 5 heteroatoms. The third-order valence-corrected chi connectivity index (χ3v) is 3.60. The van der Waals surface area contributed by atoms with Gasteiger partial charge < -0.3 is 19.9 Å². The van der Waals surface area contributed by atoms with Crippen molar-refractivity contribution in [2.24, 2.45) is 0 Å². The molecule has 1 fully saturated rings. The molecule has 2 unspecified atom stereocenters. The lowest BCUT2D eigenvalue weighted by molar-refractivity contribution is -0.138. The van der Waals surface area contributed by atoms with Gasteiger partial charge >= 0.3 is 5.97 Å². The Morgan fingerprint density at radius 3 is 2.85 bits per heavy atom. The van der Waals surface area contributed by atoms with Crippen molar-refractivity contribution in [2.75, 3.05) is 20.2 Å². The zero-order valence-electron chi connectivity index (χ0n) is 11.9. The molecule has 5 nitrogen and oxygen atoms in total. The number of aliphatic carboxylic acids is 1. The zero-order valence-corrected chi connectivity index (χ0v) is 11.9. The molecule has 0 amide bonds. The summed E-state index contributed by atoms with van der Waals surface area (Å²) in [6.07, 6.45) is 2.18. The van der Waals surface area contributed by atoms with E-state index in [0.29, 0.717) is 11.5 Å². The van der Waals surface area contributed by atoms with Crippen LogP contribution in [0.3, 0.4) is 0 Å². The summed E-state index contributed by atoms with van der Waals surface area (Å²) in [5, 5.41) is 12.4. The highest BCUT2D eigenvalue weighted by Gasteiger charge is 2.19. The molecular formula is C15H21NO4. The highest BCUT2D eigenvalue weighted by Crippen LogP contribution is 2.32. The average molecular weight is 279 g/mol. The summed E-state index contributed by atoms with van der Waals surface area (Å²) in [4.78, 5) is 11.1. The Morgan fingerprint density at radius 2 is 2.25 bits per heavy atom. The number of carboxylic acids is 1. The molecule has 0 bridgehead atoms. The van der Waals surface area contributed by atoms with Crippen molar-refractivity contribution in [2.45, 2.75) is 31.8 Å². The standard InChI is InChI=1S/C15H21NO4/c1-10(15(17)18)11-5-6-13(19-2)14(8-11)20-12-4-3-7-16-9-12/h5-6,8,10,12,16H,3-4,7,9H2,1-2H3,(H,17,18). The minimum atomic E-state index is -0.847. The van der Waals surface area contributed by atoms with Gasteiger partial charge in [0, 0.05) is 6.54 Å². The number of rotatable bonds is 5. The molecule has 2 N–H and O–H groups in total. The van der Waals surface area contributed by atoms with Crippen molar-refractivity contribution in [1.82, 2.24) is 5.32 Å². The summed E-state index contributed by atoms with van der Waals surface area (Å²) < 4.78 is 11.3. The highest BCUT2D eigenvalue weighted by molar-refractivity contribution is 5.75. The predicted octanol–water partition coefficient (Wildman–Crippen LogP) is 2.01. The predicted molar refractivity (Wildman–Crippen MR) is 75.6 cm³/mol. The smallest absolute Gasteiger partial charge is 0.310 e. The summed E-state index contributed by atoms with van der Waals surface area (Å²) in [5.41, 5.74) is 0.720. The summed E-state index contributed by atoms with van der Waals surface area (Å²) in [6, 6.07) is 5.30. The Balaban J connectivity index is 2.19. The lowest BCUT2D eigenvalue weighted by atomic mass is 10.0. The van der Waals surface area contributed by atoms with E-state index in [4.69, 9.17) is 14.6 Å². The van der Waals surface area contributed by atoms with Crippen molar-refractivity contribution in [1.29, 1.82) is 0 Å². The molecule has 1 heterocycles. The SMILES string of the molecule is COc1ccc(C(C)C(=O)O)cc1OC1CCCNC1. The summed E-state index contributed by atoms with van der Waals surface area (Å²) in [6.45, 7) is 3.49. The summed E-state index contributed by atoms with van der Waals surface area (Å²) in [7, 11) is 1.58. The lowest BCUT2D eigenvalue weighted by Gasteiger charge is -2.25. The van der Waals surface area contributed by atoms with E-state index in [9.17, 15) is 4.79 Å². The maximum absolute atomic E-state index is 11.1. The number of methoxy groups -OCH3 is 1.